The molecule has 3 N–H and O–H groups in total. The van der Waals surface area contributed by atoms with Crippen LogP contribution in [-0.4, -0.2) is 5.91 Å². The summed E-state index contributed by atoms with van der Waals surface area (Å²) in [6, 6.07) is 12.8. The third-order valence-corrected chi connectivity index (χ3v) is 2.80. The van der Waals surface area contributed by atoms with Crippen LogP contribution in [0.15, 0.2) is 42.5 Å². The highest BCUT2D eigenvalue weighted by Crippen LogP contribution is 2.12. The number of halogens is 1. The fourth-order valence-corrected chi connectivity index (χ4v) is 1.65. The normalized spacial score (nSPS) is 9.80. The first kappa shape index (κ1) is 13.6. The maximum absolute atomic E-state index is 13.3. The summed E-state index contributed by atoms with van der Waals surface area (Å²) in [4.78, 5) is 11.8. The minimum absolute atomic E-state index is 0.00800. The maximum Gasteiger partial charge on any atom is 0.251 e. The van der Waals surface area contributed by atoms with Crippen molar-refractivity contribution in [2.75, 3.05) is 5.73 Å². The molecule has 0 spiro atoms. The van der Waals surface area contributed by atoms with Crippen LogP contribution in [0.4, 0.5) is 10.1 Å². The van der Waals surface area contributed by atoms with Gasteiger partial charge in [0, 0.05) is 12.1 Å². The van der Waals surface area contributed by atoms with Crippen molar-refractivity contribution >= 4 is 11.6 Å². The quantitative estimate of drug-likeness (QED) is 0.838. The largest absolute Gasteiger partial charge is 0.396 e. The van der Waals surface area contributed by atoms with E-state index in [0.29, 0.717) is 12.1 Å². The third kappa shape index (κ3) is 3.12. The Morgan fingerprint density at radius 2 is 1.95 bits per heavy atom. The Morgan fingerprint density at radius 3 is 2.55 bits per heavy atom. The number of nitrogen functional groups attached to an aromatic ring is 1. The van der Waals surface area contributed by atoms with Crippen molar-refractivity contribution in [2.45, 2.75) is 6.54 Å². The van der Waals surface area contributed by atoms with Crippen LogP contribution in [-0.2, 0) is 6.54 Å². The molecule has 5 heteroatoms. The van der Waals surface area contributed by atoms with Gasteiger partial charge in [0.15, 0.2) is 0 Å². The highest BCUT2D eigenvalue weighted by Gasteiger charge is 2.08. The molecule has 0 aliphatic heterocycles. The van der Waals surface area contributed by atoms with Gasteiger partial charge < -0.3 is 11.1 Å². The van der Waals surface area contributed by atoms with Crippen LogP contribution in [0.1, 0.15) is 21.5 Å². The van der Waals surface area contributed by atoms with Crippen LogP contribution in [0.2, 0.25) is 0 Å². The molecule has 0 aliphatic carbocycles. The lowest BCUT2D eigenvalue weighted by molar-refractivity contribution is 0.0950. The molecule has 0 heterocycles. The summed E-state index contributed by atoms with van der Waals surface area (Å²) in [6.45, 7) is 0.302. The number of carbonyl (C=O) groups is 1. The van der Waals surface area contributed by atoms with E-state index in [1.54, 1.807) is 24.3 Å². The molecular weight excluding hydrogens is 257 g/mol. The molecule has 0 fully saturated rings. The molecule has 0 bridgehead atoms. The van der Waals surface area contributed by atoms with Crippen molar-refractivity contribution in [1.82, 2.24) is 5.32 Å². The topological polar surface area (TPSA) is 78.9 Å². The number of nitrogens with one attached hydrogen (secondary N) is 1. The molecule has 0 radical (unpaired) electrons. The zero-order valence-electron chi connectivity index (χ0n) is 10.6. The lowest BCUT2D eigenvalue weighted by Crippen LogP contribution is -2.22. The van der Waals surface area contributed by atoms with E-state index < -0.39 is 5.82 Å². The number of anilines is 1. The average Bonchev–Trinajstić information content (AvgIpc) is 2.48. The first-order valence-electron chi connectivity index (χ1n) is 5.92. The van der Waals surface area contributed by atoms with Gasteiger partial charge in [0.2, 0.25) is 0 Å². The third-order valence-electron chi connectivity index (χ3n) is 2.80. The van der Waals surface area contributed by atoms with Gasteiger partial charge in [0.25, 0.3) is 5.91 Å². The first-order valence-corrected chi connectivity index (χ1v) is 5.92. The molecule has 4 nitrogen and oxygen atoms in total. The van der Waals surface area contributed by atoms with Crippen molar-refractivity contribution in [2.24, 2.45) is 0 Å². The van der Waals surface area contributed by atoms with Crippen LogP contribution in [0.25, 0.3) is 0 Å². The summed E-state index contributed by atoms with van der Waals surface area (Å²) >= 11 is 0. The second-order valence-electron chi connectivity index (χ2n) is 4.23. The monoisotopic (exact) mass is 269 g/mol. The van der Waals surface area contributed by atoms with Crippen LogP contribution in [0.3, 0.4) is 0 Å². The number of nitriles is 1. The number of nitrogens with two attached hydrogens (primary N) is 1. The Hall–Kier alpha value is -2.87. The fraction of sp³-hybridized carbons (Fsp3) is 0.0667. The zero-order chi connectivity index (χ0) is 14.5. The smallest absolute Gasteiger partial charge is 0.251 e. The van der Waals surface area contributed by atoms with Crippen molar-refractivity contribution in [3.05, 3.63) is 65.0 Å². The van der Waals surface area contributed by atoms with Crippen LogP contribution in [0.5, 0.6) is 0 Å². The second-order valence-corrected chi connectivity index (χ2v) is 4.23. The Bertz CT molecular complexity index is 675. The van der Waals surface area contributed by atoms with Gasteiger partial charge in [0.05, 0.1) is 17.3 Å². The van der Waals surface area contributed by atoms with E-state index in [0.717, 1.165) is 11.6 Å². The SMILES string of the molecule is N#Cc1ccc(CNC(=O)c2ccc(N)c(F)c2)cc1. The summed E-state index contributed by atoms with van der Waals surface area (Å²) in [7, 11) is 0. The van der Waals surface area contributed by atoms with Gasteiger partial charge in [-0.15, -0.1) is 0 Å². The lowest BCUT2D eigenvalue weighted by Gasteiger charge is -2.06. The Kier molecular flexibility index (Phi) is 3.96. The van der Waals surface area contributed by atoms with E-state index in [1.165, 1.54) is 12.1 Å². The summed E-state index contributed by atoms with van der Waals surface area (Å²) in [6.07, 6.45) is 0. The number of benzene rings is 2. The minimum atomic E-state index is -0.615. The summed E-state index contributed by atoms with van der Waals surface area (Å²) < 4.78 is 13.3. The van der Waals surface area contributed by atoms with Crippen molar-refractivity contribution in [1.29, 1.82) is 5.26 Å². The maximum atomic E-state index is 13.3. The van der Waals surface area contributed by atoms with E-state index in [9.17, 15) is 9.18 Å². The lowest BCUT2D eigenvalue weighted by atomic mass is 10.1. The molecule has 2 rings (SSSR count). The molecule has 2 aromatic rings. The average molecular weight is 269 g/mol. The molecule has 0 atom stereocenters. The van der Waals surface area contributed by atoms with Gasteiger partial charge in [-0.1, -0.05) is 12.1 Å². The molecule has 0 unspecified atom stereocenters. The van der Waals surface area contributed by atoms with E-state index in [-0.39, 0.29) is 17.2 Å². The Balaban J connectivity index is 2.01. The molecular formula is C15H12FN3O. The number of carbonyl (C=O) groups excluding carboxylic acids is 1. The van der Waals surface area contributed by atoms with Gasteiger partial charge in [0.1, 0.15) is 5.82 Å². The van der Waals surface area contributed by atoms with Crippen LogP contribution in [0, 0.1) is 17.1 Å². The van der Waals surface area contributed by atoms with Gasteiger partial charge in [-0.2, -0.15) is 5.26 Å². The van der Waals surface area contributed by atoms with Gasteiger partial charge >= 0.3 is 0 Å². The van der Waals surface area contributed by atoms with Crippen LogP contribution >= 0.6 is 0 Å². The van der Waals surface area contributed by atoms with Gasteiger partial charge in [-0.3, -0.25) is 4.79 Å². The number of rotatable bonds is 3. The van der Waals surface area contributed by atoms with Gasteiger partial charge in [-0.25, -0.2) is 4.39 Å². The molecule has 1 amide bonds. The number of nitrogens with zero attached hydrogens (tertiary/aromatic N) is 1. The molecule has 2 aromatic carbocycles. The molecule has 20 heavy (non-hydrogen) atoms. The standard InChI is InChI=1S/C15H12FN3O/c16-13-7-12(5-6-14(13)18)15(20)19-9-11-3-1-10(8-17)2-4-11/h1-7H,9,18H2,(H,19,20). The predicted molar refractivity (Wildman–Crippen MR) is 73.1 cm³/mol. The van der Waals surface area contributed by atoms with Crippen molar-refractivity contribution in [3.63, 3.8) is 0 Å². The number of hydrogen-bond acceptors (Lipinski definition) is 3. The molecule has 0 aliphatic rings. The van der Waals surface area contributed by atoms with Gasteiger partial charge in [-0.05, 0) is 35.9 Å². The van der Waals surface area contributed by atoms with E-state index in [1.807, 2.05) is 6.07 Å². The second kappa shape index (κ2) is 5.85. The summed E-state index contributed by atoms with van der Waals surface area (Å²) in [5.74, 6) is -0.996. The fourth-order valence-electron chi connectivity index (χ4n) is 1.65. The Labute approximate surface area is 115 Å². The Morgan fingerprint density at radius 1 is 1.25 bits per heavy atom. The predicted octanol–water partition coefficient (Wildman–Crippen LogP) is 2.21. The summed E-state index contributed by atoms with van der Waals surface area (Å²) in [5.41, 5.74) is 6.98. The molecule has 0 aromatic heterocycles. The minimum Gasteiger partial charge on any atom is -0.396 e. The highest BCUT2D eigenvalue weighted by atomic mass is 19.1. The van der Waals surface area contributed by atoms with Crippen LogP contribution < -0.4 is 11.1 Å². The first-order chi connectivity index (χ1) is 9.60. The molecule has 100 valence electrons. The number of amides is 1. The highest BCUT2D eigenvalue weighted by molar-refractivity contribution is 5.94. The van der Waals surface area contributed by atoms with E-state index in [2.05, 4.69) is 5.32 Å². The molecule has 0 saturated carbocycles. The summed E-state index contributed by atoms with van der Waals surface area (Å²) in [5, 5.41) is 11.3. The van der Waals surface area contributed by atoms with Crippen molar-refractivity contribution in [3.8, 4) is 6.07 Å². The van der Waals surface area contributed by atoms with E-state index >= 15 is 0 Å². The number of hydrogen-bond donors (Lipinski definition) is 2. The zero-order valence-corrected chi connectivity index (χ0v) is 10.6. The van der Waals surface area contributed by atoms with E-state index in [4.69, 9.17) is 11.0 Å². The van der Waals surface area contributed by atoms with Crippen molar-refractivity contribution < 1.29 is 9.18 Å². The molecule has 0 saturated heterocycles.